The van der Waals surface area contributed by atoms with Crippen molar-refractivity contribution in [3.63, 3.8) is 0 Å². The number of fused-ring (bicyclic) bond motifs is 1. The van der Waals surface area contributed by atoms with Crippen LogP contribution in [0.5, 0.6) is 5.75 Å². The molecule has 1 aliphatic rings. The number of hydrogen-bond acceptors (Lipinski definition) is 5. The van der Waals surface area contributed by atoms with Gasteiger partial charge in [-0.2, -0.15) is 0 Å². The first-order chi connectivity index (χ1) is 19.0. The van der Waals surface area contributed by atoms with Gasteiger partial charge >= 0.3 is 0 Å². The van der Waals surface area contributed by atoms with Crippen molar-refractivity contribution in [3.8, 4) is 5.75 Å². The zero-order valence-electron chi connectivity index (χ0n) is 21.7. The number of carbonyl (C=O) groups excluding carboxylic acids is 3. The number of methoxy groups -OCH3 is 1. The number of para-hydroxylation sites is 1. The SMILES string of the molecule is COc1ccc(C[C@H](NC(=O)c2cc3ccccc3[nH]2)C(=O)N[C@@H](CCc2ccccc2)C(=O)[C@H]2CO2)cc1. The zero-order valence-corrected chi connectivity index (χ0v) is 21.7. The van der Waals surface area contributed by atoms with Crippen molar-refractivity contribution in [3.05, 3.63) is 102 Å². The highest BCUT2D eigenvalue weighted by molar-refractivity contribution is 6.01. The maximum atomic E-state index is 13.6. The minimum atomic E-state index is -0.913. The van der Waals surface area contributed by atoms with Gasteiger partial charge < -0.3 is 25.1 Å². The molecular weight excluding hydrogens is 494 g/mol. The summed E-state index contributed by atoms with van der Waals surface area (Å²) in [4.78, 5) is 43.0. The van der Waals surface area contributed by atoms with E-state index in [1.54, 1.807) is 25.3 Å². The average molecular weight is 526 g/mol. The second-order valence-electron chi connectivity index (χ2n) is 9.66. The van der Waals surface area contributed by atoms with Gasteiger partial charge in [-0.15, -0.1) is 0 Å². The van der Waals surface area contributed by atoms with E-state index < -0.39 is 30.0 Å². The number of carbonyl (C=O) groups is 3. The second-order valence-corrected chi connectivity index (χ2v) is 9.66. The Morgan fingerprint density at radius 2 is 1.64 bits per heavy atom. The molecule has 3 N–H and O–H groups in total. The molecule has 0 radical (unpaired) electrons. The maximum absolute atomic E-state index is 13.6. The molecule has 0 bridgehead atoms. The summed E-state index contributed by atoms with van der Waals surface area (Å²) in [7, 11) is 1.59. The Bertz CT molecular complexity index is 1410. The van der Waals surface area contributed by atoms with Crippen LogP contribution in [0, 0.1) is 0 Å². The fourth-order valence-corrected chi connectivity index (χ4v) is 4.59. The van der Waals surface area contributed by atoms with E-state index in [0.29, 0.717) is 30.9 Å². The number of ketones is 1. The lowest BCUT2D eigenvalue weighted by molar-refractivity contribution is -0.129. The van der Waals surface area contributed by atoms with Crippen molar-refractivity contribution in [2.45, 2.75) is 37.5 Å². The number of ether oxygens (including phenoxy) is 2. The maximum Gasteiger partial charge on any atom is 0.268 e. The van der Waals surface area contributed by atoms with Crippen LogP contribution in [-0.4, -0.2) is 54.5 Å². The van der Waals surface area contributed by atoms with Crippen molar-refractivity contribution in [1.82, 2.24) is 15.6 Å². The van der Waals surface area contributed by atoms with Gasteiger partial charge in [0.15, 0.2) is 5.78 Å². The van der Waals surface area contributed by atoms with Crippen LogP contribution in [0.3, 0.4) is 0 Å². The van der Waals surface area contributed by atoms with E-state index in [4.69, 9.17) is 9.47 Å². The van der Waals surface area contributed by atoms with Crippen LogP contribution in [0.15, 0.2) is 84.9 Å². The van der Waals surface area contributed by atoms with E-state index in [0.717, 1.165) is 22.0 Å². The third kappa shape index (κ3) is 6.72. The Hall–Kier alpha value is -4.43. The van der Waals surface area contributed by atoms with Gasteiger partial charge in [0.05, 0.1) is 19.8 Å². The Labute approximate surface area is 226 Å². The van der Waals surface area contributed by atoms with E-state index in [-0.39, 0.29) is 12.2 Å². The fraction of sp³-hybridized carbons (Fsp3) is 0.258. The molecule has 0 aliphatic carbocycles. The molecule has 3 aromatic carbocycles. The Morgan fingerprint density at radius 1 is 0.923 bits per heavy atom. The van der Waals surface area contributed by atoms with E-state index in [2.05, 4.69) is 15.6 Å². The summed E-state index contributed by atoms with van der Waals surface area (Å²) in [6.07, 6.45) is 0.794. The second kappa shape index (κ2) is 12.0. The number of epoxide rings is 1. The number of H-pyrrole nitrogens is 1. The van der Waals surface area contributed by atoms with E-state index in [9.17, 15) is 14.4 Å². The third-order valence-electron chi connectivity index (χ3n) is 6.87. The Morgan fingerprint density at radius 3 is 2.33 bits per heavy atom. The quantitative estimate of drug-likeness (QED) is 0.245. The van der Waals surface area contributed by atoms with E-state index in [1.165, 1.54) is 0 Å². The topological polar surface area (TPSA) is 113 Å². The molecule has 0 spiro atoms. The third-order valence-corrected chi connectivity index (χ3v) is 6.87. The Balaban J connectivity index is 1.34. The predicted molar refractivity (Wildman–Crippen MR) is 148 cm³/mol. The number of aryl methyl sites for hydroxylation is 1. The van der Waals surface area contributed by atoms with Crippen molar-refractivity contribution in [2.75, 3.05) is 13.7 Å². The van der Waals surface area contributed by atoms with Crippen molar-refractivity contribution < 1.29 is 23.9 Å². The summed E-state index contributed by atoms with van der Waals surface area (Å²) < 4.78 is 10.5. The molecule has 8 heteroatoms. The summed E-state index contributed by atoms with van der Waals surface area (Å²) in [5, 5.41) is 6.69. The molecule has 39 heavy (non-hydrogen) atoms. The summed E-state index contributed by atoms with van der Waals surface area (Å²) in [5.41, 5.74) is 3.09. The van der Waals surface area contributed by atoms with Crippen LogP contribution >= 0.6 is 0 Å². The van der Waals surface area contributed by atoms with Crippen LogP contribution in [0.1, 0.15) is 28.0 Å². The van der Waals surface area contributed by atoms with Gasteiger partial charge in [-0.1, -0.05) is 60.7 Å². The van der Waals surface area contributed by atoms with Gasteiger partial charge in [0, 0.05) is 17.3 Å². The number of benzene rings is 3. The molecule has 4 aromatic rings. The number of nitrogens with one attached hydrogen (secondary N) is 3. The fourth-order valence-electron chi connectivity index (χ4n) is 4.59. The van der Waals surface area contributed by atoms with Crippen LogP contribution in [-0.2, 0) is 27.2 Å². The van der Waals surface area contributed by atoms with Gasteiger partial charge in [0.1, 0.15) is 23.6 Å². The number of amides is 2. The highest BCUT2D eigenvalue weighted by Crippen LogP contribution is 2.18. The van der Waals surface area contributed by atoms with E-state index in [1.807, 2.05) is 66.7 Å². The molecule has 1 fully saturated rings. The number of aromatic nitrogens is 1. The normalized spacial score (nSPS) is 15.8. The molecule has 1 saturated heterocycles. The number of rotatable bonds is 12. The smallest absolute Gasteiger partial charge is 0.268 e. The van der Waals surface area contributed by atoms with Crippen molar-refractivity contribution in [2.24, 2.45) is 0 Å². The van der Waals surface area contributed by atoms with Crippen LogP contribution in [0.4, 0.5) is 0 Å². The highest BCUT2D eigenvalue weighted by Gasteiger charge is 2.38. The summed E-state index contributed by atoms with van der Waals surface area (Å²) in [6, 6.07) is 24.8. The molecule has 1 aliphatic heterocycles. The summed E-state index contributed by atoms with van der Waals surface area (Å²) in [5.74, 6) is -0.290. The number of Topliss-reactive ketones (excluding diaryl/α,β-unsaturated/α-hetero) is 1. The van der Waals surface area contributed by atoms with Crippen molar-refractivity contribution >= 4 is 28.5 Å². The lowest BCUT2D eigenvalue weighted by atomic mass is 9.99. The number of hydrogen-bond donors (Lipinski definition) is 3. The lowest BCUT2D eigenvalue weighted by Gasteiger charge is -2.23. The first-order valence-corrected chi connectivity index (χ1v) is 13.0. The molecule has 1 aromatic heterocycles. The molecule has 3 atom stereocenters. The lowest BCUT2D eigenvalue weighted by Crippen LogP contribution is -2.53. The summed E-state index contributed by atoms with van der Waals surface area (Å²) in [6.45, 7) is 0.364. The molecule has 2 heterocycles. The largest absolute Gasteiger partial charge is 0.497 e. The minimum Gasteiger partial charge on any atom is -0.497 e. The average Bonchev–Trinajstić information content (AvgIpc) is 3.73. The number of aromatic amines is 1. The highest BCUT2D eigenvalue weighted by atomic mass is 16.6. The standard InChI is InChI=1S/C31H31N3O5/c1-38-23-14-11-21(12-15-23)17-26(34-31(37)27-18-22-9-5-6-10-24(22)32-27)30(36)33-25(29(35)28-19-39-28)16-13-20-7-3-2-4-8-20/h2-12,14-15,18,25-26,28,32H,13,16-17,19H2,1H3,(H,33,36)(H,34,37)/t25-,26-,28+/m0/s1. The van der Waals surface area contributed by atoms with Gasteiger partial charge in [0.2, 0.25) is 5.91 Å². The molecular formula is C31H31N3O5. The summed E-state index contributed by atoms with van der Waals surface area (Å²) >= 11 is 0. The van der Waals surface area contributed by atoms with Gasteiger partial charge in [-0.25, -0.2) is 0 Å². The Kier molecular flexibility index (Phi) is 8.03. The van der Waals surface area contributed by atoms with Gasteiger partial charge in [0.25, 0.3) is 5.91 Å². The monoisotopic (exact) mass is 525 g/mol. The minimum absolute atomic E-state index is 0.149. The zero-order chi connectivity index (χ0) is 27.2. The first kappa shape index (κ1) is 26.2. The molecule has 2 amide bonds. The first-order valence-electron chi connectivity index (χ1n) is 13.0. The van der Waals surface area contributed by atoms with Crippen LogP contribution in [0.25, 0.3) is 10.9 Å². The molecule has 5 rings (SSSR count). The van der Waals surface area contributed by atoms with Gasteiger partial charge in [-0.3, -0.25) is 14.4 Å². The van der Waals surface area contributed by atoms with Gasteiger partial charge in [-0.05, 0) is 48.2 Å². The van der Waals surface area contributed by atoms with E-state index >= 15 is 0 Å². The molecule has 200 valence electrons. The van der Waals surface area contributed by atoms with Crippen LogP contribution in [0.2, 0.25) is 0 Å². The predicted octanol–water partition coefficient (Wildman–Crippen LogP) is 3.60. The van der Waals surface area contributed by atoms with Crippen molar-refractivity contribution in [1.29, 1.82) is 0 Å². The molecule has 0 unspecified atom stereocenters. The molecule has 8 nitrogen and oxygen atoms in total. The molecule has 0 saturated carbocycles. The van der Waals surface area contributed by atoms with Crippen LogP contribution < -0.4 is 15.4 Å².